The molecule has 84 valence electrons. The molecule has 0 aliphatic rings. The van der Waals surface area contributed by atoms with Crippen molar-refractivity contribution in [1.29, 1.82) is 0 Å². The van der Waals surface area contributed by atoms with Crippen LogP contribution in [0.5, 0.6) is 0 Å². The Morgan fingerprint density at radius 2 is 1.64 bits per heavy atom. The third-order valence-electron chi connectivity index (χ3n) is 1.96. The van der Waals surface area contributed by atoms with E-state index in [0.29, 0.717) is 6.61 Å². The minimum atomic E-state index is 0.146. The quantitative estimate of drug-likeness (QED) is 0.215. The molecule has 0 spiro atoms. The second kappa shape index (κ2) is 11.3. The van der Waals surface area contributed by atoms with Crippen molar-refractivity contribution >= 4 is 29.2 Å². The van der Waals surface area contributed by atoms with Crippen molar-refractivity contribution in [1.82, 2.24) is 0 Å². The van der Waals surface area contributed by atoms with E-state index in [9.17, 15) is 0 Å². The Labute approximate surface area is 97.7 Å². The number of thiol groups is 1. The summed E-state index contributed by atoms with van der Waals surface area (Å²) in [7, 11) is 0. The van der Waals surface area contributed by atoms with Gasteiger partial charge in [0.05, 0.1) is 6.61 Å². The van der Waals surface area contributed by atoms with Crippen LogP contribution in [0, 0.1) is 0 Å². The number of hydrogen-bond acceptors (Lipinski definition) is 3. The van der Waals surface area contributed by atoms with Crippen molar-refractivity contribution in [2.75, 3.05) is 6.61 Å². The Balaban J connectivity index is 2.88. The van der Waals surface area contributed by atoms with Crippen molar-refractivity contribution in [3.8, 4) is 0 Å². The van der Waals surface area contributed by atoms with Crippen LogP contribution in [0.2, 0.25) is 0 Å². The first kappa shape index (κ1) is 14.2. The second-order valence-corrected chi connectivity index (χ2v) is 4.37. The first-order valence-corrected chi connectivity index (χ1v) is 6.15. The number of unbranched alkanes of at least 4 members (excludes halogenated alkanes) is 6. The van der Waals surface area contributed by atoms with Crippen LogP contribution in [0.15, 0.2) is 0 Å². The predicted molar refractivity (Wildman–Crippen MR) is 66.6 cm³/mol. The fraction of sp³-hybridized carbons (Fsp3) is 0.900. The topological polar surface area (TPSA) is 18.5 Å². The molecule has 0 fully saturated rings. The van der Waals surface area contributed by atoms with Gasteiger partial charge in [-0.2, -0.15) is 4.89 Å². The molecule has 4 heteroatoms. The molecular formula is C10H20O2S2. The summed E-state index contributed by atoms with van der Waals surface area (Å²) in [6, 6.07) is 0. The van der Waals surface area contributed by atoms with E-state index in [4.69, 9.17) is 4.89 Å². The number of thiocarbonyl (C=S) groups is 1. The summed E-state index contributed by atoms with van der Waals surface area (Å²) in [5.74, 6) is 0. The van der Waals surface area contributed by atoms with E-state index in [0.717, 1.165) is 6.42 Å². The lowest BCUT2D eigenvalue weighted by molar-refractivity contribution is -0.216. The van der Waals surface area contributed by atoms with Crippen molar-refractivity contribution in [2.45, 2.75) is 51.9 Å². The maximum Gasteiger partial charge on any atom is 0.260 e. The van der Waals surface area contributed by atoms with Crippen LogP contribution in [0.25, 0.3) is 0 Å². The average Bonchev–Trinajstić information content (AvgIpc) is 2.15. The van der Waals surface area contributed by atoms with Gasteiger partial charge in [-0.25, -0.2) is 0 Å². The van der Waals surface area contributed by atoms with Crippen LogP contribution in [0.4, 0.5) is 0 Å². The van der Waals surface area contributed by atoms with Gasteiger partial charge < -0.3 is 4.89 Å². The molecule has 0 aromatic carbocycles. The molecule has 0 saturated heterocycles. The molecule has 0 N–H and O–H groups in total. The van der Waals surface area contributed by atoms with Crippen molar-refractivity contribution < 1.29 is 9.78 Å². The van der Waals surface area contributed by atoms with E-state index in [1.807, 2.05) is 0 Å². The van der Waals surface area contributed by atoms with Gasteiger partial charge in [-0.1, -0.05) is 58.1 Å². The molecule has 0 aromatic heterocycles. The van der Waals surface area contributed by atoms with E-state index in [1.54, 1.807) is 0 Å². The summed E-state index contributed by atoms with van der Waals surface area (Å²) >= 11 is 8.33. The van der Waals surface area contributed by atoms with Crippen molar-refractivity contribution in [3.05, 3.63) is 0 Å². The molecule has 0 saturated carbocycles. The summed E-state index contributed by atoms with van der Waals surface area (Å²) in [5, 5.41) is 0. The van der Waals surface area contributed by atoms with Gasteiger partial charge in [0.25, 0.3) is 4.38 Å². The summed E-state index contributed by atoms with van der Waals surface area (Å²) < 4.78 is 0.146. The summed E-state index contributed by atoms with van der Waals surface area (Å²) in [6.07, 6.45) is 8.86. The van der Waals surface area contributed by atoms with Crippen LogP contribution in [0.3, 0.4) is 0 Å². The Hall–Kier alpha value is 0.200. The first-order chi connectivity index (χ1) is 6.77. The Bertz CT molecular complexity index is 140. The molecule has 0 aliphatic heterocycles. The number of rotatable bonds is 9. The zero-order chi connectivity index (χ0) is 10.6. The zero-order valence-electron chi connectivity index (χ0n) is 8.83. The molecule has 0 rings (SSSR count). The highest BCUT2D eigenvalue weighted by Crippen LogP contribution is 2.06. The smallest absolute Gasteiger partial charge is 0.260 e. The minimum absolute atomic E-state index is 0.146. The molecule has 0 amide bonds. The molecule has 14 heavy (non-hydrogen) atoms. The fourth-order valence-corrected chi connectivity index (χ4v) is 1.31. The van der Waals surface area contributed by atoms with Crippen LogP contribution < -0.4 is 0 Å². The maximum absolute atomic E-state index is 4.81. The van der Waals surface area contributed by atoms with Gasteiger partial charge >= 0.3 is 0 Å². The first-order valence-electron chi connectivity index (χ1n) is 5.29. The molecule has 0 bridgehead atoms. The normalized spacial score (nSPS) is 10.1. The highest BCUT2D eigenvalue weighted by atomic mass is 32.1. The maximum atomic E-state index is 4.81. The fourth-order valence-electron chi connectivity index (χ4n) is 1.21. The van der Waals surface area contributed by atoms with Gasteiger partial charge in [0.1, 0.15) is 0 Å². The molecule has 0 heterocycles. The summed E-state index contributed by atoms with van der Waals surface area (Å²) in [5.41, 5.74) is 0. The van der Waals surface area contributed by atoms with Gasteiger partial charge in [-0.15, -0.1) is 0 Å². The summed E-state index contributed by atoms with van der Waals surface area (Å²) in [6.45, 7) is 2.83. The van der Waals surface area contributed by atoms with Gasteiger partial charge in [-0.05, 0) is 18.6 Å². The molecule has 0 aliphatic carbocycles. The number of hydrogen-bond donors (Lipinski definition) is 1. The predicted octanol–water partition coefficient (Wildman–Crippen LogP) is 3.90. The van der Waals surface area contributed by atoms with E-state index in [-0.39, 0.29) is 4.38 Å². The van der Waals surface area contributed by atoms with Crippen LogP contribution >= 0.6 is 24.8 Å². The van der Waals surface area contributed by atoms with E-state index in [2.05, 4.69) is 36.7 Å². The Morgan fingerprint density at radius 1 is 1.07 bits per heavy atom. The van der Waals surface area contributed by atoms with Gasteiger partial charge in [-0.3, -0.25) is 0 Å². The van der Waals surface area contributed by atoms with E-state index < -0.39 is 0 Å². The molecule has 2 nitrogen and oxygen atoms in total. The standard InChI is InChI=1S/C10H20O2S2/c1-2-3-4-5-6-7-8-9-11-12-10(13)14/h2-9H2,1H3,(H,13,14). The van der Waals surface area contributed by atoms with Crippen molar-refractivity contribution in [2.24, 2.45) is 0 Å². The third-order valence-corrected chi connectivity index (χ3v) is 2.10. The molecule has 0 unspecified atom stereocenters. The molecular weight excluding hydrogens is 216 g/mol. The SMILES string of the molecule is CCCCCCCCCOOC(=S)S. The lowest BCUT2D eigenvalue weighted by Gasteiger charge is -2.02. The summed E-state index contributed by atoms with van der Waals surface area (Å²) in [4.78, 5) is 9.39. The molecule has 0 radical (unpaired) electrons. The average molecular weight is 236 g/mol. The van der Waals surface area contributed by atoms with Gasteiger partial charge in [0.2, 0.25) is 0 Å². The van der Waals surface area contributed by atoms with E-state index >= 15 is 0 Å². The second-order valence-electron chi connectivity index (χ2n) is 3.29. The molecule has 0 atom stereocenters. The van der Waals surface area contributed by atoms with Crippen molar-refractivity contribution in [3.63, 3.8) is 0 Å². The third kappa shape index (κ3) is 12.2. The largest absolute Gasteiger partial charge is 0.319 e. The van der Waals surface area contributed by atoms with E-state index in [1.165, 1.54) is 38.5 Å². The highest BCUT2D eigenvalue weighted by Gasteiger charge is 1.93. The highest BCUT2D eigenvalue weighted by molar-refractivity contribution is 8.10. The Kier molecular flexibility index (Phi) is 11.4. The van der Waals surface area contributed by atoms with Gasteiger partial charge in [0, 0.05) is 0 Å². The lowest BCUT2D eigenvalue weighted by atomic mass is 10.1. The monoisotopic (exact) mass is 236 g/mol. The van der Waals surface area contributed by atoms with Crippen LogP contribution in [0.1, 0.15) is 51.9 Å². The van der Waals surface area contributed by atoms with Gasteiger partial charge in [0.15, 0.2) is 0 Å². The van der Waals surface area contributed by atoms with Crippen LogP contribution in [-0.4, -0.2) is 11.0 Å². The minimum Gasteiger partial charge on any atom is -0.319 e. The Morgan fingerprint density at radius 3 is 2.21 bits per heavy atom. The molecule has 0 aromatic rings. The zero-order valence-corrected chi connectivity index (χ0v) is 10.5. The lowest BCUT2D eigenvalue weighted by Crippen LogP contribution is -1.98. The van der Waals surface area contributed by atoms with Crippen LogP contribution in [-0.2, 0) is 9.78 Å².